The summed E-state index contributed by atoms with van der Waals surface area (Å²) in [7, 11) is -3.45. The number of aryl methyl sites for hydroxylation is 1. The van der Waals surface area contributed by atoms with Crippen LogP contribution in [0, 0.1) is 6.92 Å². The van der Waals surface area contributed by atoms with Gasteiger partial charge in [0.25, 0.3) is 5.91 Å². The van der Waals surface area contributed by atoms with E-state index in [-0.39, 0.29) is 18.4 Å². The lowest BCUT2D eigenvalue weighted by Crippen LogP contribution is -2.31. The van der Waals surface area contributed by atoms with Crippen LogP contribution in [0.5, 0.6) is 0 Å². The van der Waals surface area contributed by atoms with E-state index >= 15 is 0 Å². The van der Waals surface area contributed by atoms with Gasteiger partial charge in [0.1, 0.15) is 5.69 Å². The highest BCUT2D eigenvalue weighted by Crippen LogP contribution is 2.46. The van der Waals surface area contributed by atoms with Gasteiger partial charge >= 0.3 is 0 Å². The Bertz CT molecular complexity index is 1190. The summed E-state index contributed by atoms with van der Waals surface area (Å²) in [5.74, 6) is -0.404. The van der Waals surface area contributed by atoms with Crippen molar-refractivity contribution in [2.45, 2.75) is 23.0 Å². The molecule has 2 aliphatic heterocycles. The van der Waals surface area contributed by atoms with E-state index < -0.39 is 15.1 Å². The molecule has 8 heteroatoms. The van der Waals surface area contributed by atoms with E-state index in [0.29, 0.717) is 17.1 Å². The van der Waals surface area contributed by atoms with Gasteiger partial charge in [0.15, 0.2) is 9.84 Å². The molecule has 0 saturated carbocycles. The van der Waals surface area contributed by atoms with Gasteiger partial charge in [-0.2, -0.15) is 0 Å². The molecule has 0 spiro atoms. The molecule has 0 N–H and O–H groups in total. The Labute approximate surface area is 166 Å². The van der Waals surface area contributed by atoms with Crippen molar-refractivity contribution >= 4 is 27.1 Å². The first-order valence-electron chi connectivity index (χ1n) is 8.95. The van der Waals surface area contributed by atoms with Crippen LogP contribution < -0.4 is 0 Å². The maximum absolute atomic E-state index is 13.1. The lowest BCUT2D eigenvalue weighted by molar-refractivity contribution is 0.0785. The van der Waals surface area contributed by atoms with Crippen LogP contribution >= 0.6 is 11.3 Å². The average Bonchev–Trinajstić information content (AvgIpc) is 3.38. The van der Waals surface area contributed by atoms with Crippen molar-refractivity contribution in [1.82, 2.24) is 14.9 Å². The van der Waals surface area contributed by atoms with Gasteiger partial charge in [-0.25, -0.2) is 13.4 Å². The highest BCUT2D eigenvalue weighted by atomic mass is 32.2. The number of sulfone groups is 1. The number of hydrogen-bond donors (Lipinski definition) is 0. The number of carbonyl (C=O) groups is 1. The zero-order valence-corrected chi connectivity index (χ0v) is 16.7. The van der Waals surface area contributed by atoms with Gasteiger partial charge in [0, 0.05) is 36.8 Å². The van der Waals surface area contributed by atoms with E-state index in [4.69, 9.17) is 0 Å². The molecule has 1 saturated heterocycles. The number of benzene rings is 1. The second kappa shape index (κ2) is 6.22. The molecule has 6 nitrogen and oxygen atoms in total. The molecule has 1 aromatic carbocycles. The molecule has 0 unspecified atom stereocenters. The Morgan fingerprint density at radius 2 is 2.07 bits per heavy atom. The second-order valence-electron chi connectivity index (χ2n) is 7.15. The summed E-state index contributed by atoms with van der Waals surface area (Å²) >= 11 is 1.42. The molecule has 3 aromatic rings. The smallest absolute Gasteiger partial charge is 0.273 e. The zero-order chi connectivity index (χ0) is 19.5. The molecule has 5 rings (SSSR count). The molecule has 2 atom stereocenters. The van der Waals surface area contributed by atoms with Crippen LogP contribution in [0.25, 0.3) is 11.1 Å². The molecule has 1 amide bonds. The fourth-order valence-corrected chi connectivity index (χ4v) is 6.90. The van der Waals surface area contributed by atoms with Crippen molar-refractivity contribution in [3.8, 4) is 11.1 Å². The summed E-state index contributed by atoms with van der Waals surface area (Å²) in [6.07, 6.45) is 3.47. The van der Waals surface area contributed by atoms with Gasteiger partial charge in [-0.05, 0) is 41.8 Å². The summed E-state index contributed by atoms with van der Waals surface area (Å²) in [4.78, 5) is 23.2. The zero-order valence-electron chi connectivity index (χ0n) is 15.1. The Balaban J connectivity index is 1.52. The minimum Gasteiger partial charge on any atom is -0.335 e. The number of pyridine rings is 1. The molecule has 2 aromatic heterocycles. The first-order chi connectivity index (χ1) is 13.4. The highest BCUT2D eigenvalue weighted by molar-refractivity contribution is 7.92. The monoisotopic (exact) mass is 411 g/mol. The SMILES string of the molecule is Cc1nc(C(=O)N2C[C@@H]3c4cc(-c5cccnc5)ccc4S(=O)(=O)[C@@H]3C2)cs1. The van der Waals surface area contributed by atoms with Crippen LogP contribution in [0.4, 0.5) is 0 Å². The van der Waals surface area contributed by atoms with Crippen molar-refractivity contribution in [3.05, 3.63) is 64.4 Å². The number of amides is 1. The fraction of sp³-hybridized carbons (Fsp3) is 0.250. The number of thiazole rings is 1. The lowest BCUT2D eigenvalue weighted by Gasteiger charge is -2.17. The minimum atomic E-state index is -3.45. The van der Waals surface area contributed by atoms with Crippen LogP contribution in [-0.4, -0.2) is 47.5 Å². The van der Waals surface area contributed by atoms with Gasteiger partial charge in [0.05, 0.1) is 15.2 Å². The fourth-order valence-electron chi connectivity index (χ4n) is 4.15. The maximum Gasteiger partial charge on any atom is 0.273 e. The van der Waals surface area contributed by atoms with Crippen molar-refractivity contribution in [2.75, 3.05) is 13.1 Å². The Morgan fingerprint density at radius 3 is 2.79 bits per heavy atom. The molecule has 28 heavy (non-hydrogen) atoms. The van der Waals surface area contributed by atoms with Gasteiger partial charge in [-0.15, -0.1) is 11.3 Å². The standard InChI is InChI=1S/C20H17N3O3S2/c1-12-22-17(11-27-12)20(24)23-9-16-15-7-13(14-3-2-6-21-8-14)4-5-18(15)28(25,26)19(16)10-23/h2-8,11,16,19H,9-10H2,1H3/t16-,19-/m1/s1. The topological polar surface area (TPSA) is 80.2 Å². The predicted octanol–water partition coefficient (Wildman–Crippen LogP) is 2.91. The van der Waals surface area contributed by atoms with Crippen molar-refractivity contribution in [3.63, 3.8) is 0 Å². The third-order valence-corrected chi connectivity index (χ3v) is 8.53. The third kappa shape index (κ3) is 2.59. The molecular weight excluding hydrogens is 394 g/mol. The van der Waals surface area contributed by atoms with Crippen LogP contribution in [-0.2, 0) is 9.84 Å². The van der Waals surface area contributed by atoms with E-state index in [1.807, 2.05) is 31.2 Å². The van der Waals surface area contributed by atoms with Crippen LogP contribution in [0.1, 0.15) is 27.0 Å². The number of hydrogen-bond acceptors (Lipinski definition) is 6. The highest BCUT2D eigenvalue weighted by Gasteiger charge is 2.51. The second-order valence-corrected chi connectivity index (χ2v) is 10.3. The molecule has 0 aliphatic carbocycles. The van der Waals surface area contributed by atoms with Crippen LogP contribution in [0.3, 0.4) is 0 Å². The van der Waals surface area contributed by atoms with E-state index in [0.717, 1.165) is 21.7 Å². The van der Waals surface area contributed by atoms with Gasteiger partial charge in [-0.1, -0.05) is 12.1 Å². The van der Waals surface area contributed by atoms with Crippen molar-refractivity contribution in [2.24, 2.45) is 0 Å². The Kier molecular flexibility index (Phi) is 3.89. The minimum absolute atomic E-state index is 0.195. The Hall–Kier alpha value is -2.58. The molecular formula is C20H17N3O3S2. The van der Waals surface area contributed by atoms with E-state index in [9.17, 15) is 13.2 Å². The number of aromatic nitrogens is 2. The van der Waals surface area contributed by atoms with Crippen molar-refractivity contribution in [1.29, 1.82) is 0 Å². The summed E-state index contributed by atoms with van der Waals surface area (Å²) in [5.41, 5.74) is 3.07. The number of likely N-dealkylation sites (tertiary alicyclic amines) is 1. The van der Waals surface area contributed by atoms with Crippen molar-refractivity contribution < 1.29 is 13.2 Å². The predicted molar refractivity (Wildman–Crippen MR) is 106 cm³/mol. The quantitative estimate of drug-likeness (QED) is 0.648. The molecule has 142 valence electrons. The largest absolute Gasteiger partial charge is 0.335 e. The first kappa shape index (κ1) is 17.5. The third-order valence-electron chi connectivity index (χ3n) is 5.50. The Morgan fingerprint density at radius 1 is 1.21 bits per heavy atom. The number of fused-ring (bicyclic) bond motifs is 3. The molecule has 1 fully saturated rings. The molecule has 2 aliphatic rings. The summed E-state index contributed by atoms with van der Waals surface area (Å²) in [6, 6.07) is 9.27. The number of nitrogens with zero attached hydrogens (tertiary/aromatic N) is 3. The average molecular weight is 412 g/mol. The summed E-state index contributed by atoms with van der Waals surface area (Å²) < 4.78 is 26.1. The van der Waals surface area contributed by atoms with E-state index in [1.54, 1.807) is 28.7 Å². The van der Waals surface area contributed by atoms with Gasteiger partial charge in [-0.3, -0.25) is 9.78 Å². The molecule has 4 heterocycles. The summed E-state index contributed by atoms with van der Waals surface area (Å²) in [6.45, 7) is 2.45. The van der Waals surface area contributed by atoms with E-state index in [2.05, 4.69) is 9.97 Å². The number of carbonyl (C=O) groups excluding carboxylic acids is 1. The lowest BCUT2D eigenvalue weighted by atomic mass is 9.95. The number of rotatable bonds is 2. The van der Waals surface area contributed by atoms with Crippen LogP contribution in [0.15, 0.2) is 53.0 Å². The van der Waals surface area contributed by atoms with Gasteiger partial charge in [0.2, 0.25) is 0 Å². The van der Waals surface area contributed by atoms with Crippen LogP contribution in [0.2, 0.25) is 0 Å². The van der Waals surface area contributed by atoms with E-state index in [1.165, 1.54) is 11.3 Å². The summed E-state index contributed by atoms with van der Waals surface area (Å²) in [5, 5.41) is 1.96. The first-order valence-corrected chi connectivity index (χ1v) is 11.4. The maximum atomic E-state index is 13.1. The van der Waals surface area contributed by atoms with Gasteiger partial charge < -0.3 is 4.90 Å². The normalized spacial score (nSPS) is 22.1. The molecule has 0 radical (unpaired) electrons. The molecule has 0 bridgehead atoms.